The predicted octanol–water partition coefficient (Wildman–Crippen LogP) is 3.67. The molecule has 0 aliphatic heterocycles. The fourth-order valence-corrected chi connectivity index (χ4v) is 1.89. The molecule has 0 aliphatic carbocycles. The first-order chi connectivity index (χ1) is 7.16. The molecule has 0 unspecified atom stereocenters. The topological polar surface area (TPSA) is 33.4 Å². The third kappa shape index (κ3) is 2.34. The van der Waals surface area contributed by atoms with Crippen LogP contribution in [0.4, 0.5) is 0 Å². The monoisotopic (exact) mass is 242 g/mol. The Kier molecular flexibility index (Phi) is 3.00. The van der Waals surface area contributed by atoms with Gasteiger partial charge in [0.15, 0.2) is 0 Å². The normalized spacial score (nSPS) is 12.7. The lowest BCUT2D eigenvalue weighted by atomic mass is 10.1. The highest BCUT2D eigenvalue weighted by Crippen LogP contribution is 2.27. The van der Waals surface area contributed by atoms with Crippen LogP contribution in [0.5, 0.6) is 0 Å². The van der Waals surface area contributed by atoms with Gasteiger partial charge in [0.2, 0.25) is 0 Å². The first-order valence-electron chi connectivity index (χ1n) is 4.34. The molecule has 0 aliphatic rings. The molecule has 1 aromatic carbocycles. The van der Waals surface area contributed by atoms with E-state index in [2.05, 4.69) is 0 Å². The van der Waals surface area contributed by atoms with Gasteiger partial charge in [0.25, 0.3) is 0 Å². The number of benzene rings is 1. The van der Waals surface area contributed by atoms with Crippen LogP contribution >= 0.6 is 23.2 Å². The zero-order chi connectivity index (χ0) is 10.8. The fourth-order valence-electron chi connectivity index (χ4n) is 1.34. The molecule has 1 heterocycles. The zero-order valence-electron chi connectivity index (χ0n) is 7.65. The molecule has 78 valence electrons. The Labute approximate surface area is 97.0 Å². The molecule has 4 heteroatoms. The summed E-state index contributed by atoms with van der Waals surface area (Å²) in [5.74, 6) is 0.466. The van der Waals surface area contributed by atoms with E-state index in [4.69, 9.17) is 27.6 Å². The van der Waals surface area contributed by atoms with Crippen LogP contribution in [0.3, 0.4) is 0 Å². The van der Waals surface area contributed by atoms with Gasteiger partial charge < -0.3 is 9.52 Å². The Morgan fingerprint density at radius 2 is 1.80 bits per heavy atom. The van der Waals surface area contributed by atoms with E-state index in [1.54, 1.807) is 30.3 Å². The molecule has 1 N–H and O–H groups in total. The lowest BCUT2D eigenvalue weighted by molar-refractivity contribution is 0.189. The Balaban J connectivity index is 2.37. The molecule has 0 fully saturated rings. The van der Waals surface area contributed by atoms with E-state index >= 15 is 0 Å². The van der Waals surface area contributed by atoms with Crippen LogP contribution < -0.4 is 0 Å². The Bertz CT molecular complexity index is 431. The summed E-state index contributed by atoms with van der Waals surface area (Å²) in [4.78, 5) is 0. The van der Waals surface area contributed by atoms with Gasteiger partial charge in [-0.3, -0.25) is 0 Å². The van der Waals surface area contributed by atoms with Gasteiger partial charge >= 0.3 is 0 Å². The molecule has 1 atom stereocenters. The number of hydrogen-bond acceptors (Lipinski definition) is 2. The number of rotatable bonds is 2. The van der Waals surface area contributed by atoms with Crippen LogP contribution in [-0.2, 0) is 0 Å². The Hall–Kier alpha value is -0.960. The summed E-state index contributed by atoms with van der Waals surface area (Å²) >= 11 is 11.7. The summed E-state index contributed by atoms with van der Waals surface area (Å²) < 4.78 is 5.09. The fraction of sp³-hybridized carbons (Fsp3) is 0.0909. The van der Waals surface area contributed by atoms with Gasteiger partial charge in [-0.25, -0.2) is 0 Å². The summed E-state index contributed by atoms with van der Waals surface area (Å²) in [7, 11) is 0. The van der Waals surface area contributed by atoms with Gasteiger partial charge in [-0.1, -0.05) is 23.2 Å². The van der Waals surface area contributed by atoms with Crippen LogP contribution in [0.15, 0.2) is 41.0 Å². The number of furan rings is 1. The smallest absolute Gasteiger partial charge is 0.137 e. The molecule has 0 amide bonds. The van der Waals surface area contributed by atoms with Gasteiger partial charge in [0.05, 0.1) is 6.26 Å². The van der Waals surface area contributed by atoms with Gasteiger partial charge in [0.1, 0.15) is 11.9 Å². The molecule has 0 bridgehead atoms. The van der Waals surface area contributed by atoms with Crippen molar-refractivity contribution >= 4 is 23.2 Å². The minimum Gasteiger partial charge on any atom is -0.466 e. The molecular formula is C11H8Cl2O2. The second-order valence-corrected chi connectivity index (χ2v) is 3.99. The quantitative estimate of drug-likeness (QED) is 0.872. The molecule has 2 nitrogen and oxygen atoms in total. The number of aliphatic hydroxyl groups is 1. The van der Waals surface area contributed by atoms with E-state index < -0.39 is 6.10 Å². The molecule has 15 heavy (non-hydrogen) atoms. The van der Waals surface area contributed by atoms with E-state index in [-0.39, 0.29) is 0 Å². The maximum absolute atomic E-state index is 9.92. The summed E-state index contributed by atoms with van der Waals surface area (Å²) in [6.07, 6.45) is 0.668. The maximum Gasteiger partial charge on any atom is 0.137 e. The molecule has 0 radical (unpaired) electrons. The van der Waals surface area contributed by atoms with Crippen molar-refractivity contribution in [1.29, 1.82) is 0 Å². The highest BCUT2D eigenvalue weighted by Gasteiger charge is 2.14. The summed E-state index contributed by atoms with van der Waals surface area (Å²) in [6, 6.07) is 8.33. The van der Waals surface area contributed by atoms with Gasteiger partial charge in [0, 0.05) is 10.0 Å². The third-order valence-corrected chi connectivity index (χ3v) is 2.45. The molecule has 2 rings (SSSR count). The Morgan fingerprint density at radius 1 is 1.13 bits per heavy atom. The van der Waals surface area contributed by atoms with Crippen LogP contribution in [0, 0.1) is 0 Å². The minimum absolute atomic E-state index is 0.466. The first kappa shape index (κ1) is 10.6. The number of aliphatic hydroxyl groups excluding tert-OH is 1. The van der Waals surface area contributed by atoms with Gasteiger partial charge in [-0.2, -0.15) is 0 Å². The molecule has 0 spiro atoms. The van der Waals surface area contributed by atoms with Crippen molar-refractivity contribution in [2.24, 2.45) is 0 Å². The SMILES string of the molecule is O[C@@H](c1cc(Cl)cc(Cl)c1)c1ccco1. The second kappa shape index (κ2) is 4.27. The van der Waals surface area contributed by atoms with E-state index in [1.165, 1.54) is 6.26 Å². The molecule has 0 saturated heterocycles. The van der Waals surface area contributed by atoms with E-state index in [1.807, 2.05) is 0 Å². The summed E-state index contributed by atoms with van der Waals surface area (Å²) in [5.41, 5.74) is 0.613. The largest absolute Gasteiger partial charge is 0.466 e. The van der Waals surface area contributed by atoms with Crippen molar-refractivity contribution in [3.05, 3.63) is 58.0 Å². The highest BCUT2D eigenvalue weighted by atomic mass is 35.5. The van der Waals surface area contributed by atoms with E-state index in [0.717, 1.165) is 0 Å². The van der Waals surface area contributed by atoms with Crippen LogP contribution in [0.1, 0.15) is 17.4 Å². The molecule has 2 aromatic rings. The summed E-state index contributed by atoms with van der Waals surface area (Å²) in [5, 5.41) is 10.9. The predicted molar refractivity (Wildman–Crippen MR) is 59.2 cm³/mol. The first-order valence-corrected chi connectivity index (χ1v) is 5.10. The van der Waals surface area contributed by atoms with Gasteiger partial charge in [-0.15, -0.1) is 0 Å². The lowest BCUT2D eigenvalue weighted by Crippen LogP contribution is -1.97. The van der Waals surface area contributed by atoms with Crippen LogP contribution in [0.25, 0.3) is 0 Å². The van der Waals surface area contributed by atoms with Crippen molar-refractivity contribution in [3.8, 4) is 0 Å². The van der Waals surface area contributed by atoms with Crippen molar-refractivity contribution in [2.75, 3.05) is 0 Å². The minimum atomic E-state index is -0.837. The van der Waals surface area contributed by atoms with Crippen LogP contribution in [0.2, 0.25) is 10.0 Å². The van der Waals surface area contributed by atoms with Gasteiger partial charge in [-0.05, 0) is 35.9 Å². The van der Waals surface area contributed by atoms with Crippen molar-refractivity contribution in [1.82, 2.24) is 0 Å². The zero-order valence-corrected chi connectivity index (χ0v) is 9.16. The van der Waals surface area contributed by atoms with Crippen LogP contribution in [-0.4, -0.2) is 5.11 Å². The standard InChI is InChI=1S/C11H8Cl2O2/c12-8-4-7(5-9(13)6-8)11(14)10-2-1-3-15-10/h1-6,11,14H/t11-/m0/s1. The molecule has 1 aromatic heterocycles. The molecular weight excluding hydrogens is 235 g/mol. The van der Waals surface area contributed by atoms with Crippen molar-refractivity contribution < 1.29 is 9.52 Å². The average Bonchev–Trinajstić information content (AvgIpc) is 2.67. The Morgan fingerprint density at radius 3 is 2.33 bits per heavy atom. The van der Waals surface area contributed by atoms with Crippen molar-refractivity contribution in [3.63, 3.8) is 0 Å². The summed E-state index contributed by atoms with van der Waals surface area (Å²) in [6.45, 7) is 0. The second-order valence-electron chi connectivity index (χ2n) is 3.12. The lowest BCUT2D eigenvalue weighted by Gasteiger charge is -2.08. The highest BCUT2D eigenvalue weighted by molar-refractivity contribution is 6.34. The van der Waals surface area contributed by atoms with E-state index in [9.17, 15) is 5.11 Å². The maximum atomic E-state index is 9.92. The molecule has 0 saturated carbocycles. The third-order valence-electron chi connectivity index (χ3n) is 2.01. The van der Waals surface area contributed by atoms with E-state index in [0.29, 0.717) is 21.4 Å². The number of halogens is 2. The van der Waals surface area contributed by atoms with Crippen molar-refractivity contribution in [2.45, 2.75) is 6.10 Å². The number of hydrogen-bond donors (Lipinski definition) is 1. The average molecular weight is 243 g/mol.